The maximum Gasteiger partial charge on any atom is 0.306 e. The molecule has 0 heterocycles. The molecule has 0 aliphatic rings. The standard InChI is InChI=1S/C10H11FO4/c1-15-9-4-6(11)2-3-7(9)8(12)5-10(13)14/h2-4,8,12H,5H2,1H3,(H,13,14)/t8-/m0/s1. The fourth-order valence-electron chi connectivity index (χ4n) is 1.24. The van der Waals surface area contributed by atoms with Gasteiger partial charge in [-0.15, -0.1) is 0 Å². The molecule has 0 aliphatic carbocycles. The summed E-state index contributed by atoms with van der Waals surface area (Å²) in [5, 5.41) is 18.0. The first-order chi connectivity index (χ1) is 7.04. The van der Waals surface area contributed by atoms with Crippen LogP contribution in [0.25, 0.3) is 0 Å². The zero-order valence-corrected chi connectivity index (χ0v) is 8.11. The van der Waals surface area contributed by atoms with Crippen LogP contribution in [0.2, 0.25) is 0 Å². The predicted molar refractivity (Wildman–Crippen MR) is 50.2 cm³/mol. The predicted octanol–water partition coefficient (Wildman–Crippen LogP) is 1.34. The quantitative estimate of drug-likeness (QED) is 0.793. The zero-order chi connectivity index (χ0) is 11.4. The number of halogens is 1. The fraction of sp³-hybridized carbons (Fsp3) is 0.300. The number of rotatable bonds is 4. The van der Waals surface area contributed by atoms with Gasteiger partial charge in [0.05, 0.1) is 19.6 Å². The normalized spacial score (nSPS) is 12.2. The maximum atomic E-state index is 12.8. The Hall–Kier alpha value is -1.62. The van der Waals surface area contributed by atoms with Gasteiger partial charge in [0.2, 0.25) is 0 Å². The SMILES string of the molecule is COc1cc(F)ccc1[C@@H](O)CC(=O)O. The third-order valence-electron chi connectivity index (χ3n) is 1.92. The van der Waals surface area contributed by atoms with Crippen LogP contribution in [0, 0.1) is 5.82 Å². The van der Waals surface area contributed by atoms with Gasteiger partial charge < -0.3 is 14.9 Å². The number of carbonyl (C=O) groups is 1. The number of carboxylic acid groups (broad SMARTS) is 1. The minimum absolute atomic E-state index is 0.142. The number of aliphatic hydroxyl groups is 1. The highest BCUT2D eigenvalue weighted by Crippen LogP contribution is 2.27. The Bertz CT molecular complexity index is 364. The van der Waals surface area contributed by atoms with E-state index in [4.69, 9.17) is 9.84 Å². The second kappa shape index (κ2) is 4.75. The smallest absolute Gasteiger partial charge is 0.306 e. The molecule has 4 nitrogen and oxygen atoms in total. The van der Waals surface area contributed by atoms with Gasteiger partial charge in [0.1, 0.15) is 11.6 Å². The van der Waals surface area contributed by atoms with Crippen LogP contribution < -0.4 is 4.74 Å². The lowest BCUT2D eigenvalue weighted by Gasteiger charge is -2.12. The zero-order valence-electron chi connectivity index (χ0n) is 8.11. The van der Waals surface area contributed by atoms with E-state index in [1.807, 2.05) is 0 Å². The van der Waals surface area contributed by atoms with Crippen molar-refractivity contribution < 1.29 is 24.1 Å². The molecule has 1 aromatic carbocycles. The molecule has 1 atom stereocenters. The lowest BCUT2D eigenvalue weighted by Crippen LogP contribution is -2.07. The second-order valence-electron chi connectivity index (χ2n) is 3.00. The summed E-state index contributed by atoms with van der Waals surface area (Å²) in [6.45, 7) is 0. The summed E-state index contributed by atoms with van der Waals surface area (Å²) in [4.78, 5) is 10.4. The average molecular weight is 214 g/mol. The van der Waals surface area contributed by atoms with Crippen LogP contribution in [0.4, 0.5) is 4.39 Å². The molecule has 82 valence electrons. The van der Waals surface area contributed by atoms with Crippen molar-refractivity contribution in [3.63, 3.8) is 0 Å². The second-order valence-corrected chi connectivity index (χ2v) is 3.00. The van der Waals surface area contributed by atoms with Crippen molar-refractivity contribution in [3.05, 3.63) is 29.6 Å². The van der Waals surface area contributed by atoms with E-state index in [2.05, 4.69) is 0 Å². The molecule has 0 spiro atoms. The fourth-order valence-corrected chi connectivity index (χ4v) is 1.24. The van der Waals surface area contributed by atoms with Crippen molar-refractivity contribution in [1.82, 2.24) is 0 Å². The lowest BCUT2D eigenvalue weighted by atomic mass is 10.1. The number of benzene rings is 1. The minimum Gasteiger partial charge on any atom is -0.496 e. The Balaban J connectivity index is 2.97. The van der Waals surface area contributed by atoms with Crippen molar-refractivity contribution in [2.24, 2.45) is 0 Å². The van der Waals surface area contributed by atoms with Gasteiger partial charge in [-0.2, -0.15) is 0 Å². The van der Waals surface area contributed by atoms with E-state index in [-0.39, 0.29) is 11.3 Å². The van der Waals surface area contributed by atoms with Gasteiger partial charge in [-0.3, -0.25) is 4.79 Å². The van der Waals surface area contributed by atoms with Gasteiger partial charge in [0, 0.05) is 11.6 Å². The maximum absolute atomic E-state index is 12.8. The molecule has 0 aromatic heterocycles. The largest absolute Gasteiger partial charge is 0.496 e. The van der Waals surface area contributed by atoms with Gasteiger partial charge >= 0.3 is 5.97 Å². The molecule has 0 bridgehead atoms. The number of hydrogen-bond donors (Lipinski definition) is 2. The van der Waals surface area contributed by atoms with Crippen LogP contribution in [-0.4, -0.2) is 23.3 Å². The number of carboxylic acids is 1. The highest BCUT2D eigenvalue weighted by Gasteiger charge is 2.16. The highest BCUT2D eigenvalue weighted by molar-refractivity contribution is 5.67. The average Bonchev–Trinajstić information content (AvgIpc) is 2.16. The van der Waals surface area contributed by atoms with Crippen LogP contribution >= 0.6 is 0 Å². The first-order valence-electron chi connectivity index (χ1n) is 4.28. The van der Waals surface area contributed by atoms with Gasteiger partial charge in [-0.25, -0.2) is 4.39 Å². The monoisotopic (exact) mass is 214 g/mol. The first-order valence-corrected chi connectivity index (χ1v) is 4.28. The summed E-state index contributed by atoms with van der Waals surface area (Å²) in [7, 11) is 1.33. The molecule has 0 unspecified atom stereocenters. The summed E-state index contributed by atoms with van der Waals surface area (Å²) < 4.78 is 17.6. The van der Waals surface area contributed by atoms with Crippen LogP contribution in [0.1, 0.15) is 18.1 Å². The number of aliphatic carboxylic acids is 1. The van der Waals surface area contributed by atoms with Gasteiger partial charge in [0.15, 0.2) is 0 Å². The molecule has 0 fully saturated rings. The van der Waals surface area contributed by atoms with E-state index in [9.17, 15) is 14.3 Å². The van der Waals surface area contributed by atoms with E-state index < -0.39 is 24.3 Å². The molecular weight excluding hydrogens is 203 g/mol. The number of methoxy groups -OCH3 is 1. The van der Waals surface area contributed by atoms with Crippen molar-refractivity contribution in [3.8, 4) is 5.75 Å². The van der Waals surface area contributed by atoms with Gasteiger partial charge in [-0.1, -0.05) is 0 Å². The molecule has 15 heavy (non-hydrogen) atoms. The van der Waals surface area contributed by atoms with Gasteiger partial charge in [0.25, 0.3) is 0 Å². The molecule has 0 aliphatic heterocycles. The first kappa shape index (κ1) is 11.5. The molecular formula is C10H11FO4. The third kappa shape index (κ3) is 2.92. The summed E-state index contributed by atoms with van der Waals surface area (Å²) in [6, 6.07) is 3.55. The molecule has 2 N–H and O–H groups in total. The van der Waals surface area contributed by atoms with Crippen molar-refractivity contribution in [2.75, 3.05) is 7.11 Å². The summed E-state index contributed by atoms with van der Waals surface area (Å²) >= 11 is 0. The van der Waals surface area contributed by atoms with E-state index in [1.54, 1.807) is 0 Å². The third-order valence-corrected chi connectivity index (χ3v) is 1.92. The molecule has 5 heteroatoms. The Kier molecular flexibility index (Phi) is 3.62. The van der Waals surface area contributed by atoms with Crippen molar-refractivity contribution in [1.29, 1.82) is 0 Å². The minimum atomic E-state index is -1.20. The van der Waals surface area contributed by atoms with Crippen molar-refractivity contribution >= 4 is 5.97 Å². The molecule has 0 radical (unpaired) electrons. The van der Waals surface area contributed by atoms with Gasteiger partial charge in [-0.05, 0) is 12.1 Å². The van der Waals surface area contributed by atoms with Crippen molar-refractivity contribution in [2.45, 2.75) is 12.5 Å². The van der Waals surface area contributed by atoms with Crippen LogP contribution in [0.5, 0.6) is 5.75 Å². The summed E-state index contributed by atoms with van der Waals surface area (Å²) in [6.07, 6.45) is -1.64. The summed E-state index contributed by atoms with van der Waals surface area (Å²) in [5.74, 6) is -1.49. The van der Waals surface area contributed by atoms with Crippen LogP contribution in [0.15, 0.2) is 18.2 Å². The molecule has 0 amide bonds. The molecule has 1 rings (SSSR count). The van der Waals surface area contributed by atoms with E-state index in [0.29, 0.717) is 0 Å². The Morgan fingerprint density at radius 2 is 2.27 bits per heavy atom. The number of ether oxygens (including phenoxy) is 1. The Labute approximate surface area is 85.9 Å². The van der Waals surface area contributed by atoms with E-state index in [0.717, 1.165) is 12.1 Å². The number of aliphatic hydroxyl groups excluding tert-OH is 1. The Morgan fingerprint density at radius 3 is 2.80 bits per heavy atom. The molecule has 0 saturated heterocycles. The Morgan fingerprint density at radius 1 is 1.60 bits per heavy atom. The van der Waals surface area contributed by atoms with E-state index in [1.165, 1.54) is 13.2 Å². The van der Waals surface area contributed by atoms with Crippen LogP contribution in [0.3, 0.4) is 0 Å². The lowest BCUT2D eigenvalue weighted by molar-refractivity contribution is -0.139. The van der Waals surface area contributed by atoms with Crippen LogP contribution in [-0.2, 0) is 4.79 Å². The summed E-state index contributed by atoms with van der Waals surface area (Å²) in [5.41, 5.74) is 0.265. The number of hydrogen-bond acceptors (Lipinski definition) is 3. The highest BCUT2D eigenvalue weighted by atomic mass is 19.1. The molecule has 1 aromatic rings. The molecule has 0 saturated carbocycles. The van der Waals surface area contributed by atoms with E-state index >= 15 is 0 Å². The topological polar surface area (TPSA) is 66.8 Å².